The Morgan fingerprint density at radius 2 is 1.72 bits per heavy atom. The van der Waals surface area contributed by atoms with Crippen LogP contribution in [0.1, 0.15) is 34.0 Å². The number of rotatable bonds is 4. The number of hydrogen-bond donors (Lipinski definition) is 0. The highest BCUT2D eigenvalue weighted by Gasteiger charge is 2.12. The third-order valence-corrected chi connectivity index (χ3v) is 4.95. The molecular formula is C15H17BrOS. The Kier molecular flexibility index (Phi) is 4.46. The molecule has 0 aliphatic heterocycles. The lowest BCUT2D eigenvalue weighted by Gasteiger charge is -2.12. The third-order valence-electron chi connectivity index (χ3n) is 2.56. The van der Waals surface area contributed by atoms with Crippen LogP contribution in [0.3, 0.4) is 0 Å². The summed E-state index contributed by atoms with van der Waals surface area (Å²) in [5, 5.41) is 0. The number of hydrogen-bond acceptors (Lipinski definition) is 2. The minimum atomic E-state index is 0.218. The quantitative estimate of drug-likeness (QED) is 0.691. The van der Waals surface area contributed by atoms with Crippen LogP contribution in [0.15, 0.2) is 36.4 Å². The van der Waals surface area contributed by atoms with E-state index in [1.807, 2.05) is 37.3 Å². The van der Waals surface area contributed by atoms with Gasteiger partial charge in [0, 0.05) is 9.75 Å². The Morgan fingerprint density at radius 3 is 2.22 bits per heavy atom. The highest BCUT2D eigenvalue weighted by Crippen LogP contribution is 2.35. The number of ether oxygens (including phenoxy) is 1. The van der Waals surface area contributed by atoms with Crippen molar-refractivity contribution in [2.24, 2.45) is 0 Å². The van der Waals surface area contributed by atoms with Gasteiger partial charge in [-0.25, -0.2) is 0 Å². The van der Waals surface area contributed by atoms with Crippen LogP contribution in [0.5, 0.6) is 5.75 Å². The molecule has 1 nitrogen and oxygen atoms in total. The molecule has 0 fully saturated rings. The maximum Gasteiger partial charge on any atom is 0.119 e. The van der Waals surface area contributed by atoms with Crippen molar-refractivity contribution in [3.8, 4) is 5.75 Å². The van der Waals surface area contributed by atoms with Gasteiger partial charge in [-0.1, -0.05) is 28.1 Å². The number of aryl methyl sites for hydroxylation is 1. The van der Waals surface area contributed by atoms with E-state index in [4.69, 9.17) is 4.74 Å². The molecule has 18 heavy (non-hydrogen) atoms. The summed E-state index contributed by atoms with van der Waals surface area (Å²) >= 11 is 5.58. The molecule has 1 heterocycles. The van der Waals surface area contributed by atoms with Crippen LogP contribution in [0.2, 0.25) is 0 Å². The van der Waals surface area contributed by atoms with Crippen molar-refractivity contribution < 1.29 is 4.74 Å². The maximum atomic E-state index is 5.65. The minimum absolute atomic E-state index is 0.218. The topological polar surface area (TPSA) is 9.23 Å². The summed E-state index contributed by atoms with van der Waals surface area (Å²) in [5.74, 6) is 0.927. The molecule has 0 aliphatic carbocycles. The second-order valence-corrected chi connectivity index (χ2v) is 6.78. The number of benzene rings is 1. The summed E-state index contributed by atoms with van der Waals surface area (Å²) in [5.41, 5.74) is 1.26. The molecule has 0 saturated heterocycles. The molecule has 1 unspecified atom stereocenters. The van der Waals surface area contributed by atoms with Gasteiger partial charge in [0.1, 0.15) is 5.75 Å². The van der Waals surface area contributed by atoms with Crippen molar-refractivity contribution >= 4 is 27.3 Å². The number of alkyl halides is 1. The Bertz CT molecular complexity index is 501. The van der Waals surface area contributed by atoms with Gasteiger partial charge in [0.2, 0.25) is 0 Å². The number of thiophene rings is 1. The average Bonchev–Trinajstić information content (AvgIpc) is 2.75. The van der Waals surface area contributed by atoms with Crippen molar-refractivity contribution in [3.63, 3.8) is 0 Å². The van der Waals surface area contributed by atoms with Crippen molar-refractivity contribution in [3.05, 3.63) is 51.7 Å². The summed E-state index contributed by atoms with van der Waals surface area (Å²) in [6.45, 7) is 6.21. The molecule has 3 heteroatoms. The van der Waals surface area contributed by atoms with Gasteiger partial charge in [0.05, 0.1) is 10.9 Å². The normalized spacial score (nSPS) is 12.7. The van der Waals surface area contributed by atoms with E-state index >= 15 is 0 Å². The molecule has 2 aromatic rings. The van der Waals surface area contributed by atoms with Crippen LogP contribution in [0, 0.1) is 6.92 Å². The van der Waals surface area contributed by atoms with E-state index in [9.17, 15) is 0 Å². The van der Waals surface area contributed by atoms with Crippen molar-refractivity contribution in [1.29, 1.82) is 0 Å². The first-order valence-electron chi connectivity index (χ1n) is 6.03. The van der Waals surface area contributed by atoms with Crippen LogP contribution in [-0.4, -0.2) is 6.10 Å². The summed E-state index contributed by atoms with van der Waals surface area (Å²) < 4.78 is 5.65. The Labute approximate surface area is 121 Å². The summed E-state index contributed by atoms with van der Waals surface area (Å²) in [4.78, 5) is 2.95. The molecule has 1 aromatic carbocycles. The molecule has 1 atom stereocenters. The molecule has 0 N–H and O–H groups in total. The highest BCUT2D eigenvalue weighted by atomic mass is 79.9. The third kappa shape index (κ3) is 3.36. The van der Waals surface area contributed by atoms with E-state index in [1.54, 1.807) is 0 Å². The molecule has 2 rings (SSSR count). The average molecular weight is 325 g/mol. The van der Waals surface area contributed by atoms with Gasteiger partial charge in [-0.2, -0.15) is 0 Å². The molecule has 0 aliphatic rings. The zero-order valence-electron chi connectivity index (χ0n) is 10.8. The largest absolute Gasteiger partial charge is 0.491 e. The molecule has 0 radical (unpaired) electrons. The van der Waals surface area contributed by atoms with Gasteiger partial charge < -0.3 is 4.74 Å². The lowest BCUT2D eigenvalue weighted by Crippen LogP contribution is -2.05. The maximum absolute atomic E-state index is 5.65. The molecule has 0 saturated carbocycles. The Hall–Kier alpha value is -0.800. The molecule has 0 amide bonds. The van der Waals surface area contributed by atoms with Gasteiger partial charge in [0.25, 0.3) is 0 Å². The van der Waals surface area contributed by atoms with Crippen LogP contribution in [0.25, 0.3) is 0 Å². The van der Waals surface area contributed by atoms with Gasteiger partial charge in [-0.15, -0.1) is 11.3 Å². The zero-order chi connectivity index (χ0) is 13.1. The van der Waals surface area contributed by atoms with Crippen LogP contribution in [-0.2, 0) is 0 Å². The van der Waals surface area contributed by atoms with E-state index in [2.05, 4.69) is 47.1 Å². The molecular weight excluding hydrogens is 308 g/mol. The first-order valence-corrected chi connectivity index (χ1v) is 7.76. The monoisotopic (exact) mass is 324 g/mol. The van der Waals surface area contributed by atoms with Crippen LogP contribution < -0.4 is 4.74 Å². The number of halogens is 1. The summed E-state index contributed by atoms with van der Waals surface area (Å²) in [7, 11) is 0. The second kappa shape index (κ2) is 5.89. The van der Waals surface area contributed by atoms with Crippen LogP contribution >= 0.6 is 27.3 Å². The van der Waals surface area contributed by atoms with E-state index < -0.39 is 0 Å². The van der Waals surface area contributed by atoms with E-state index in [0.717, 1.165) is 5.75 Å². The summed E-state index contributed by atoms with van der Waals surface area (Å²) in [6, 6.07) is 12.6. The van der Waals surface area contributed by atoms with Gasteiger partial charge in [-0.05, 0) is 50.6 Å². The van der Waals surface area contributed by atoms with E-state index in [1.165, 1.54) is 15.3 Å². The fourth-order valence-electron chi connectivity index (χ4n) is 1.74. The Morgan fingerprint density at radius 1 is 1.06 bits per heavy atom. The highest BCUT2D eigenvalue weighted by molar-refractivity contribution is 9.09. The zero-order valence-corrected chi connectivity index (χ0v) is 13.2. The lowest BCUT2D eigenvalue weighted by molar-refractivity contribution is 0.242. The first-order chi connectivity index (χ1) is 8.56. The van der Waals surface area contributed by atoms with Crippen molar-refractivity contribution in [1.82, 2.24) is 0 Å². The fraction of sp³-hybridized carbons (Fsp3) is 0.333. The SMILES string of the molecule is Cc1ccc(C(Br)c2ccc(OC(C)C)cc2)s1. The lowest BCUT2D eigenvalue weighted by atomic mass is 10.1. The predicted molar refractivity (Wildman–Crippen MR) is 82.0 cm³/mol. The Balaban J connectivity index is 2.14. The first kappa shape index (κ1) is 13.6. The van der Waals surface area contributed by atoms with Crippen molar-refractivity contribution in [2.45, 2.75) is 31.7 Å². The molecule has 96 valence electrons. The smallest absolute Gasteiger partial charge is 0.119 e. The minimum Gasteiger partial charge on any atom is -0.491 e. The second-order valence-electron chi connectivity index (χ2n) is 4.55. The van der Waals surface area contributed by atoms with Crippen molar-refractivity contribution in [2.75, 3.05) is 0 Å². The van der Waals surface area contributed by atoms with E-state index in [0.29, 0.717) is 0 Å². The molecule has 1 aromatic heterocycles. The predicted octanol–water partition coefficient (Wildman–Crippen LogP) is 5.33. The fourth-order valence-corrected chi connectivity index (χ4v) is 3.36. The van der Waals surface area contributed by atoms with Gasteiger partial charge >= 0.3 is 0 Å². The standard InChI is InChI=1S/C15H17BrOS/c1-10(2)17-13-7-5-12(6-8-13)15(16)14-9-4-11(3)18-14/h4-10,15H,1-3H3. The van der Waals surface area contributed by atoms with Crippen LogP contribution in [0.4, 0.5) is 0 Å². The molecule has 0 bridgehead atoms. The van der Waals surface area contributed by atoms with Gasteiger partial charge in [0.15, 0.2) is 0 Å². The summed E-state index contributed by atoms with van der Waals surface area (Å²) in [6.07, 6.45) is 0.218. The molecule has 0 spiro atoms. The van der Waals surface area contributed by atoms with Gasteiger partial charge in [-0.3, -0.25) is 0 Å². The van der Waals surface area contributed by atoms with E-state index in [-0.39, 0.29) is 10.9 Å².